The summed E-state index contributed by atoms with van der Waals surface area (Å²) in [5, 5.41) is 6.33. The predicted octanol–water partition coefficient (Wildman–Crippen LogP) is 3.29. The van der Waals surface area contributed by atoms with Crippen LogP contribution in [-0.4, -0.2) is 52.1 Å². The molecule has 2 heterocycles. The van der Waals surface area contributed by atoms with Gasteiger partial charge < -0.3 is 10.6 Å². The van der Waals surface area contributed by atoms with E-state index in [-0.39, 0.29) is 38.9 Å². The number of thiophene rings is 1. The van der Waals surface area contributed by atoms with Crippen molar-refractivity contribution in [2.45, 2.75) is 21.6 Å². The molecule has 0 spiro atoms. The molecule has 1 saturated heterocycles. The molecule has 0 unspecified atom stereocenters. The number of anilines is 1. The Bertz CT molecular complexity index is 1930. The zero-order valence-electron chi connectivity index (χ0n) is 21.0. The normalized spacial score (nSPS) is 16.1. The number of primary sulfonamides is 1. The second-order valence-corrected chi connectivity index (χ2v) is 14.4. The first-order valence-corrected chi connectivity index (χ1v) is 16.2. The van der Waals surface area contributed by atoms with Gasteiger partial charge in [-0.2, -0.15) is 4.31 Å². The van der Waals surface area contributed by atoms with Gasteiger partial charge in [0.05, 0.1) is 17.1 Å². The molecule has 0 radical (unpaired) electrons. The number of halogens is 2. The zero-order valence-corrected chi connectivity index (χ0v) is 24.2. The average Bonchev–Trinajstić information content (AvgIpc) is 3.50. The van der Waals surface area contributed by atoms with E-state index in [0.717, 1.165) is 26.6 Å². The van der Waals surface area contributed by atoms with Crippen molar-refractivity contribution in [2.75, 3.05) is 18.0 Å². The molecule has 3 aromatic carbocycles. The van der Waals surface area contributed by atoms with Crippen molar-refractivity contribution in [2.24, 2.45) is 10.9 Å². The molecule has 2 amide bonds. The molecule has 1 aliphatic heterocycles. The van der Waals surface area contributed by atoms with E-state index in [2.05, 4.69) is 0 Å². The SMILES string of the molecule is NC(=O)CN([C@H]1CCN(c2ccc(-c3ccccc3S(N)(=O)=O)cc2F)C1=O)S(=O)(=O)c1cc2ccc(Cl)cc2s1. The number of hydrogen-bond donors (Lipinski definition) is 2. The second kappa shape index (κ2) is 10.8. The van der Waals surface area contributed by atoms with E-state index >= 15 is 4.39 Å². The molecule has 5 rings (SSSR count). The summed E-state index contributed by atoms with van der Waals surface area (Å²) in [6, 6.07) is 14.6. The highest BCUT2D eigenvalue weighted by atomic mass is 35.5. The number of sulfonamides is 2. The van der Waals surface area contributed by atoms with E-state index in [1.165, 1.54) is 36.4 Å². The van der Waals surface area contributed by atoms with Crippen LogP contribution in [0.1, 0.15) is 6.42 Å². The third-order valence-corrected chi connectivity index (χ3v) is 11.2. The standard InChI is InChI=1S/C26H22ClFN4O6S3/c27-17-7-5-16-12-25(39-22(16)13-17)41(37,38)32(14-24(29)33)21-9-10-31(26(21)34)20-8-6-15(11-19(20)28)18-3-1-2-4-23(18)40(30,35)36/h1-8,11-13,21H,9-10,14H2,(H2,29,33)(H2,30,35,36)/t21-/m0/s1. The minimum Gasteiger partial charge on any atom is -0.369 e. The average molecular weight is 637 g/mol. The lowest BCUT2D eigenvalue weighted by Gasteiger charge is -2.26. The fourth-order valence-electron chi connectivity index (χ4n) is 4.76. The van der Waals surface area contributed by atoms with Gasteiger partial charge in [-0.1, -0.05) is 41.9 Å². The highest BCUT2D eigenvalue weighted by Gasteiger charge is 2.44. The number of hydrogen-bond acceptors (Lipinski definition) is 7. The zero-order chi connectivity index (χ0) is 29.7. The molecule has 41 heavy (non-hydrogen) atoms. The van der Waals surface area contributed by atoms with Crippen molar-refractivity contribution in [1.82, 2.24) is 4.31 Å². The van der Waals surface area contributed by atoms with E-state index in [1.54, 1.807) is 24.3 Å². The maximum absolute atomic E-state index is 15.4. The summed E-state index contributed by atoms with van der Waals surface area (Å²) in [5.74, 6) is -2.55. The Hall–Kier alpha value is -3.40. The number of amides is 2. The number of benzene rings is 3. The van der Waals surface area contributed by atoms with Crippen LogP contribution >= 0.6 is 22.9 Å². The van der Waals surface area contributed by atoms with Crippen molar-refractivity contribution >= 4 is 70.6 Å². The molecular weight excluding hydrogens is 615 g/mol. The molecule has 4 N–H and O–H groups in total. The summed E-state index contributed by atoms with van der Waals surface area (Å²) in [6.45, 7) is -0.798. The maximum atomic E-state index is 15.4. The van der Waals surface area contributed by atoms with Crippen molar-refractivity contribution in [3.05, 3.63) is 77.6 Å². The van der Waals surface area contributed by atoms with Crippen molar-refractivity contribution < 1.29 is 30.8 Å². The summed E-state index contributed by atoms with van der Waals surface area (Å²) >= 11 is 6.96. The van der Waals surface area contributed by atoms with Crippen LogP contribution in [-0.2, 0) is 29.6 Å². The largest absolute Gasteiger partial charge is 0.369 e. The smallest absolute Gasteiger partial charge is 0.253 e. The monoisotopic (exact) mass is 636 g/mol. The van der Waals surface area contributed by atoms with Crippen molar-refractivity contribution in [3.63, 3.8) is 0 Å². The van der Waals surface area contributed by atoms with Crippen LogP contribution in [0.25, 0.3) is 21.2 Å². The number of primary amides is 1. The summed E-state index contributed by atoms with van der Waals surface area (Å²) in [6.07, 6.45) is -0.0302. The number of carbonyl (C=O) groups is 2. The molecule has 1 aromatic heterocycles. The molecule has 0 bridgehead atoms. The fourth-order valence-corrected chi connectivity index (χ4v) is 8.90. The van der Waals surface area contributed by atoms with Crippen LogP contribution in [0, 0.1) is 5.82 Å². The molecule has 0 aliphatic carbocycles. The third kappa shape index (κ3) is 5.58. The first-order valence-electron chi connectivity index (χ1n) is 12.0. The Morgan fingerprint density at radius 1 is 1.07 bits per heavy atom. The molecular formula is C26H22ClFN4O6S3. The van der Waals surface area contributed by atoms with Crippen LogP contribution in [0.5, 0.6) is 0 Å². The van der Waals surface area contributed by atoms with Crippen LogP contribution in [0.3, 0.4) is 0 Å². The fraction of sp³-hybridized carbons (Fsp3) is 0.154. The van der Waals surface area contributed by atoms with Crippen molar-refractivity contribution in [3.8, 4) is 11.1 Å². The molecule has 10 nitrogen and oxygen atoms in total. The minimum absolute atomic E-state index is 0.0302. The molecule has 1 aliphatic rings. The summed E-state index contributed by atoms with van der Waals surface area (Å²) in [4.78, 5) is 26.3. The number of rotatable bonds is 8. The number of fused-ring (bicyclic) bond motifs is 1. The first-order chi connectivity index (χ1) is 19.3. The lowest BCUT2D eigenvalue weighted by molar-refractivity contribution is -0.122. The van der Waals surface area contributed by atoms with E-state index in [1.807, 2.05) is 0 Å². The van der Waals surface area contributed by atoms with Crippen LogP contribution < -0.4 is 15.8 Å². The number of nitrogens with zero attached hydrogens (tertiary/aromatic N) is 2. The minimum atomic E-state index is -4.37. The van der Waals surface area contributed by atoms with Crippen LogP contribution in [0.4, 0.5) is 10.1 Å². The Labute approximate surface area is 244 Å². The second-order valence-electron chi connectivity index (χ2n) is 9.27. The van der Waals surface area contributed by atoms with Gasteiger partial charge in [0.2, 0.25) is 21.8 Å². The summed E-state index contributed by atoms with van der Waals surface area (Å²) in [5.41, 5.74) is 5.61. The van der Waals surface area contributed by atoms with Gasteiger partial charge in [0.15, 0.2) is 0 Å². The Kier molecular flexibility index (Phi) is 7.65. The molecule has 1 atom stereocenters. The predicted molar refractivity (Wildman–Crippen MR) is 154 cm³/mol. The van der Waals surface area contributed by atoms with E-state index in [4.69, 9.17) is 22.5 Å². The molecule has 15 heteroatoms. The van der Waals surface area contributed by atoms with Gasteiger partial charge >= 0.3 is 0 Å². The van der Waals surface area contributed by atoms with Gasteiger partial charge in [0.1, 0.15) is 16.1 Å². The van der Waals surface area contributed by atoms with Gasteiger partial charge in [0, 0.05) is 21.8 Å². The van der Waals surface area contributed by atoms with Gasteiger partial charge in [0.25, 0.3) is 10.0 Å². The van der Waals surface area contributed by atoms with E-state index in [9.17, 15) is 26.4 Å². The Morgan fingerprint density at radius 2 is 1.80 bits per heavy atom. The highest BCUT2D eigenvalue weighted by Crippen LogP contribution is 2.36. The lowest BCUT2D eigenvalue weighted by atomic mass is 10.0. The Balaban J connectivity index is 1.47. The van der Waals surface area contributed by atoms with Crippen LogP contribution in [0.15, 0.2) is 75.8 Å². The van der Waals surface area contributed by atoms with E-state index < -0.39 is 50.3 Å². The number of nitrogens with two attached hydrogens (primary N) is 2. The first kappa shape index (κ1) is 29.1. The highest BCUT2D eigenvalue weighted by molar-refractivity contribution is 7.91. The topological polar surface area (TPSA) is 161 Å². The van der Waals surface area contributed by atoms with E-state index in [0.29, 0.717) is 15.1 Å². The van der Waals surface area contributed by atoms with Gasteiger partial charge in [-0.05, 0) is 53.8 Å². The molecule has 214 valence electrons. The Morgan fingerprint density at radius 3 is 2.49 bits per heavy atom. The molecule has 4 aromatic rings. The summed E-state index contributed by atoms with van der Waals surface area (Å²) in [7, 11) is -8.46. The van der Waals surface area contributed by atoms with Crippen LogP contribution in [0.2, 0.25) is 5.02 Å². The third-order valence-electron chi connectivity index (χ3n) is 6.60. The van der Waals surface area contributed by atoms with Crippen molar-refractivity contribution in [1.29, 1.82) is 0 Å². The molecule has 1 fully saturated rings. The van der Waals surface area contributed by atoms with Gasteiger partial charge in [-0.15, -0.1) is 11.3 Å². The molecule has 0 saturated carbocycles. The quantitative estimate of drug-likeness (QED) is 0.302. The maximum Gasteiger partial charge on any atom is 0.253 e. The number of carbonyl (C=O) groups excluding carboxylic acids is 2. The summed E-state index contributed by atoms with van der Waals surface area (Å²) < 4.78 is 68.0. The van der Waals surface area contributed by atoms with Gasteiger partial charge in [-0.3, -0.25) is 9.59 Å². The van der Waals surface area contributed by atoms with Gasteiger partial charge in [-0.25, -0.2) is 26.4 Å². The lowest BCUT2D eigenvalue weighted by Crippen LogP contribution is -2.48.